The first-order valence-electron chi connectivity index (χ1n) is 11.0. The van der Waals surface area contributed by atoms with Gasteiger partial charge in [0, 0.05) is 10.3 Å². The van der Waals surface area contributed by atoms with Crippen LogP contribution in [0.5, 0.6) is 5.75 Å². The molecule has 4 aromatic rings. The van der Waals surface area contributed by atoms with Crippen LogP contribution in [0.1, 0.15) is 10.4 Å². The van der Waals surface area contributed by atoms with E-state index in [1.165, 1.54) is 30.3 Å². The predicted molar refractivity (Wildman–Crippen MR) is 145 cm³/mol. The molecule has 218 valence electrons. The van der Waals surface area contributed by atoms with Gasteiger partial charge in [-0.2, -0.15) is 18.6 Å². The average molecular weight is 637 g/mol. The number of hydrogen-bond acceptors (Lipinski definition) is 16. The molecule has 0 aliphatic heterocycles. The molecular weight excluding hydrogens is 620 g/mol. The fraction of sp³-hybridized carbons (Fsp3) is 0. The number of nitrogens with zero attached hydrogens (tertiary/aromatic N) is 4. The Morgan fingerprint density at radius 1 is 0.786 bits per heavy atom. The highest BCUT2D eigenvalue weighted by Gasteiger charge is 2.19. The maximum atomic E-state index is 11.9. The van der Waals surface area contributed by atoms with Crippen molar-refractivity contribution in [2.45, 2.75) is 14.7 Å². The number of rotatable bonds is 12. The molecule has 0 amide bonds. The first-order valence-corrected chi connectivity index (χ1v) is 13.9. The summed E-state index contributed by atoms with van der Waals surface area (Å²) in [6.07, 6.45) is 0. The van der Waals surface area contributed by atoms with E-state index in [1.807, 2.05) is 0 Å². The van der Waals surface area contributed by atoms with Gasteiger partial charge in [0.15, 0.2) is 5.75 Å². The SMILES string of the molecule is O=C(O)c1cc(/N=N/c2ccc(SOOO)cc2)ccc1/N=N/c1c(SOOO)cc2cc(S(=O)(=O)O)ccc2c1O. The normalized spacial score (nSPS) is 12.1. The van der Waals surface area contributed by atoms with E-state index in [1.54, 1.807) is 24.3 Å². The molecule has 0 saturated heterocycles. The molecule has 0 bridgehead atoms. The van der Waals surface area contributed by atoms with Gasteiger partial charge < -0.3 is 10.2 Å². The summed E-state index contributed by atoms with van der Waals surface area (Å²) in [4.78, 5) is 12.1. The highest BCUT2D eigenvalue weighted by Crippen LogP contribution is 2.44. The molecule has 0 spiro atoms. The number of hydrogen-bond donors (Lipinski definition) is 5. The van der Waals surface area contributed by atoms with Gasteiger partial charge >= 0.3 is 5.97 Å². The minimum Gasteiger partial charge on any atom is -0.505 e. The third kappa shape index (κ3) is 7.63. The molecule has 4 rings (SSSR count). The second-order valence-corrected chi connectivity index (χ2v) is 10.7. The third-order valence-corrected chi connectivity index (χ3v) is 7.28. The Morgan fingerprint density at radius 2 is 1.45 bits per heavy atom. The summed E-state index contributed by atoms with van der Waals surface area (Å²) in [5.41, 5.74) is -0.0492. The van der Waals surface area contributed by atoms with Gasteiger partial charge in [-0.05, 0) is 72.1 Å². The summed E-state index contributed by atoms with van der Waals surface area (Å²) in [6, 6.07) is 15.0. The van der Waals surface area contributed by atoms with Crippen LogP contribution in [-0.2, 0) is 28.9 Å². The molecule has 0 unspecified atom stereocenters. The summed E-state index contributed by atoms with van der Waals surface area (Å²) in [5, 5.41) is 60.7. The molecule has 0 saturated carbocycles. The Hall–Kier alpha value is -4.02. The second kappa shape index (κ2) is 13.8. The number of phenolic OH excluding ortho intramolecular Hbond substituents is 1. The molecule has 19 heteroatoms. The van der Waals surface area contributed by atoms with E-state index in [2.05, 4.69) is 39.2 Å². The molecule has 5 N–H and O–H groups in total. The van der Waals surface area contributed by atoms with Crippen LogP contribution in [0.3, 0.4) is 0 Å². The number of azo groups is 2. The second-order valence-electron chi connectivity index (χ2n) is 7.78. The molecule has 0 radical (unpaired) electrons. The van der Waals surface area contributed by atoms with Gasteiger partial charge in [0.05, 0.1) is 50.8 Å². The van der Waals surface area contributed by atoms with Crippen LogP contribution in [0, 0.1) is 0 Å². The lowest BCUT2D eigenvalue weighted by Crippen LogP contribution is -1.97. The Bertz CT molecular complexity index is 1780. The molecule has 0 aromatic heterocycles. The number of aromatic carboxylic acids is 1. The predicted octanol–water partition coefficient (Wildman–Crippen LogP) is 7.18. The zero-order chi connectivity index (χ0) is 30.3. The molecule has 42 heavy (non-hydrogen) atoms. The van der Waals surface area contributed by atoms with Crippen LogP contribution in [0.4, 0.5) is 22.7 Å². The first kappa shape index (κ1) is 30.9. The fourth-order valence-corrected chi connectivity index (χ4v) is 4.76. The third-order valence-electron chi connectivity index (χ3n) is 5.22. The fourth-order valence-electron chi connectivity index (χ4n) is 3.39. The van der Waals surface area contributed by atoms with Gasteiger partial charge in [-0.25, -0.2) is 15.3 Å². The van der Waals surface area contributed by atoms with Gasteiger partial charge in [-0.1, -0.05) is 10.1 Å². The van der Waals surface area contributed by atoms with Crippen LogP contribution >= 0.6 is 24.1 Å². The maximum absolute atomic E-state index is 11.9. The van der Waals surface area contributed by atoms with Gasteiger partial charge in [0.1, 0.15) is 11.4 Å². The van der Waals surface area contributed by atoms with E-state index in [0.717, 1.165) is 24.2 Å². The van der Waals surface area contributed by atoms with Crippen molar-refractivity contribution in [1.29, 1.82) is 0 Å². The van der Waals surface area contributed by atoms with Crippen molar-refractivity contribution in [2.75, 3.05) is 0 Å². The van der Waals surface area contributed by atoms with Crippen LogP contribution in [-0.4, -0.2) is 39.7 Å². The number of aromatic hydroxyl groups is 1. The Balaban J connectivity index is 1.66. The van der Waals surface area contributed by atoms with E-state index in [0.29, 0.717) is 22.6 Å². The first-order chi connectivity index (χ1) is 20.1. The summed E-state index contributed by atoms with van der Waals surface area (Å²) in [6.45, 7) is 0. The van der Waals surface area contributed by atoms with Crippen molar-refractivity contribution in [2.24, 2.45) is 20.5 Å². The molecular formula is C23H16N4O12S3. The van der Waals surface area contributed by atoms with Crippen molar-refractivity contribution in [3.8, 4) is 5.75 Å². The highest BCUT2D eigenvalue weighted by molar-refractivity contribution is 7.94. The number of benzene rings is 4. The molecule has 0 heterocycles. The molecule has 4 aromatic carbocycles. The Labute approximate surface area is 243 Å². The molecule has 0 aliphatic rings. The summed E-state index contributed by atoms with van der Waals surface area (Å²) in [7, 11) is -4.55. The van der Waals surface area contributed by atoms with Gasteiger partial charge in [0.2, 0.25) is 0 Å². The Morgan fingerprint density at radius 3 is 2.12 bits per heavy atom. The van der Waals surface area contributed by atoms with E-state index in [9.17, 15) is 28.0 Å². The van der Waals surface area contributed by atoms with Crippen LogP contribution in [0.15, 0.2) is 102 Å². The van der Waals surface area contributed by atoms with E-state index in [4.69, 9.17) is 10.5 Å². The number of carboxylic acid groups (broad SMARTS) is 1. The Kier molecular flexibility index (Phi) is 10.1. The van der Waals surface area contributed by atoms with E-state index < -0.39 is 26.7 Å². The van der Waals surface area contributed by atoms with Gasteiger partial charge in [0.25, 0.3) is 10.1 Å². The van der Waals surface area contributed by atoms with Crippen molar-refractivity contribution in [3.05, 3.63) is 72.3 Å². The molecule has 0 fully saturated rings. The number of phenols is 1. The smallest absolute Gasteiger partial charge is 0.338 e. The minimum absolute atomic E-state index is 0.0209. The average Bonchev–Trinajstić information content (AvgIpc) is 2.97. The molecule has 0 aliphatic carbocycles. The van der Waals surface area contributed by atoms with Crippen LogP contribution in [0.2, 0.25) is 0 Å². The zero-order valence-electron chi connectivity index (χ0n) is 20.5. The minimum atomic E-state index is -4.55. The van der Waals surface area contributed by atoms with Crippen LogP contribution < -0.4 is 0 Å². The quantitative estimate of drug-likeness (QED) is 0.0340. The lowest BCUT2D eigenvalue weighted by molar-refractivity contribution is -0.432. The number of carbonyl (C=O) groups is 1. The van der Waals surface area contributed by atoms with Crippen LogP contribution in [0.25, 0.3) is 10.8 Å². The van der Waals surface area contributed by atoms with Crippen molar-refractivity contribution < 1.29 is 57.2 Å². The number of carboxylic acids is 1. The lowest BCUT2D eigenvalue weighted by atomic mass is 10.1. The lowest BCUT2D eigenvalue weighted by Gasteiger charge is -2.10. The van der Waals surface area contributed by atoms with E-state index in [-0.39, 0.29) is 38.3 Å². The molecule has 0 atom stereocenters. The summed E-state index contributed by atoms with van der Waals surface area (Å²) in [5.74, 6) is -1.86. The topological polar surface area (TPSA) is 239 Å². The zero-order valence-corrected chi connectivity index (χ0v) is 22.9. The summed E-state index contributed by atoms with van der Waals surface area (Å²) >= 11 is 1.14. The molecule has 16 nitrogen and oxygen atoms in total. The maximum Gasteiger partial charge on any atom is 0.338 e. The monoisotopic (exact) mass is 636 g/mol. The van der Waals surface area contributed by atoms with Gasteiger partial charge in [-0.3, -0.25) is 4.55 Å². The van der Waals surface area contributed by atoms with Gasteiger partial charge in [-0.15, -0.1) is 18.9 Å². The van der Waals surface area contributed by atoms with E-state index >= 15 is 0 Å². The standard InChI is InChI=1S/C23H16N4O12S3/c28-22-17-7-6-16(42(33,34)35)9-12(17)10-20(41-39-37-32)21(22)27-26-19-8-3-14(11-18(19)23(29)30)25-24-13-1-4-15(5-2-13)40-38-36-31/h1-11,28,31-32H,(H,29,30)(H,33,34,35)/b25-24+,27-26+. The number of fused-ring (bicyclic) bond motifs is 1. The van der Waals surface area contributed by atoms with Crippen molar-refractivity contribution in [3.63, 3.8) is 0 Å². The highest BCUT2D eigenvalue weighted by atomic mass is 32.2. The summed E-state index contributed by atoms with van der Waals surface area (Å²) < 4.78 is 41.1. The van der Waals surface area contributed by atoms with Crippen molar-refractivity contribution >= 4 is 73.7 Å². The van der Waals surface area contributed by atoms with Crippen molar-refractivity contribution in [1.82, 2.24) is 0 Å². The largest absolute Gasteiger partial charge is 0.505 e.